The lowest BCUT2D eigenvalue weighted by molar-refractivity contribution is -0.256. The molecule has 3 heterocycles. The number of methoxy groups -OCH3 is 2. The Balaban J connectivity index is 1.50. The van der Waals surface area contributed by atoms with Gasteiger partial charge in [0.25, 0.3) is 17.5 Å². The first-order chi connectivity index (χ1) is 21.2. The average molecular weight is 625 g/mol. The number of fused-ring (bicyclic) bond motifs is 1. The van der Waals surface area contributed by atoms with Gasteiger partial charge in [-0.2, -0.15) is 5.21 Å². The third kappa shape index (κ3) is 5.86. The fraction of sp³-hybridized carbons (Fsp3) is 0.321. The minimum absolute atomic E-state index is 0.114. The van der Waals surface area contributed by atoms with E-state index in [9.17, 15) is 24.3 Å². The number of aromatic nitrogens is 4. The van der Waals surface area contributed by atoms with Crippen LogP contribution in [0.1, 0.15) is 27.9 Å². The number of carboxylic acids is 1. The second-order valence-electron chi connectivity index (χ2n) is 9.77. The van der Waals surface area contributed by atoms with E-state index >= 15 is 0 Å². The molecule has 230 valence electrons. The highest BCUT2D eigenvalue weighted by Gasteiger charge is 2.68. The number of carbonyl (C=O) groups excluding carboxylic acids is 3. The maximum absolute atomic E-state index is 13.9. The lowest BCUT2D eigenvalue weighted by atomic mass is 9.92. The summed E-state index contributed by atoms with van der Waals surface area (Å²) in [5.41, 5.74) is -0.272. The molecule has 3 N–H and O–H groups in total. The zero-order valence-electron chi connectivity index (χ0n) is 23.8. The van der Waals surface area contributed by atoms with Crippen molar-refractivity contribution in [3.05, 3.63) is 76.5 Å². The summed E-state index contributed by atoms with van der Waals surface area (Å²) in [5.74, 6) is -3.32. The molecule has 2 amide bonds. The molecule has 16 heteroatoms. The Kier molecular flexibility index (Phi) is 8.93. The molecule has 3 aromatic rings. The van der Waals surface area contributed by atoms with Crippen LogP contribution in [-0.2, 0) is 35.2 Å². The number of hydrogen-bond acceptors (Lipinski definition) is 12. The minimum atomic E-state index is -2.01. The SMILES string of the molecule is COc1ccccc1C(=O)N[C@]1(OC)C(=O)N2C(C(=O)OCc3cccc(C)c3)=C(C(CC(=O)O)Sc3nn[nH]n3)CO[C@@H]21. The molecule has 0 radical (unpaired) electrons. The largest absolute Gasteiger partial charge is 0.496 e. The van der Waals surface area contributed by atoms with Crippen molar-refractivity contribution < 1.29 is 43.2 Å². The molecule has 15 nitrogen and oxygen atoms in total. The van der Waals surface area contributed by atoms with Crippen LogP contribution < -0.4 is 10.1 Å². The number of amides is 2. The van der Waals surface area contributed by atoms with Crippen LogP contribution >= 0.6 is 11.8 Å². The number of hydrogen-bond donors (Lipinski definition) is 3. The quantitative estimate of drug-likeness (QED) is 0.113. The van der Waals surface area contributed by atoms with E-state index < -0.39 is 47.4 Å². The number of aromatic amines is 1. The highest BCUT2D eigenvalue weighted by atomic mass is 32.2. The number of rotatable bonds is 12. The normalized spacial score (nSPS) is 19.9. The highest BCUT2D eigenvalue weighted by Crippen LogP contribution is 2.44. The number of nitrogens with one attached hydrogen (secondary N) is 2. The second-order valence-corrected chi connectivity index (χ2v) is 10.9. The van der Waals surface area contributed by atoms with Gasteiger partial charge in [-0.3, -0.25) is 19.3 Å². The van der Waals surface area contributed by atoms with Crippen molar-refractivity contribution in [3.8, 4) is 5.75 Å². The summed E-state index contributed by atoms with van der Waals surface area (Å²) in [7, 11) is 2.62. The molecule has 1 saturated heterocycles. The van der Waals surface area contributed by atoms with Crippen molar-refractivity contribution in [3.63, 3.8) is 0 Å². The van der Waals surface area contributed by atoms with Crippen molar-refractivity contribution in [1.29, 1.82) is 0 Å². The predicted octanol–water partition coefficient (Wildman–Crippen LogP) is 1.42. The Morgan fingerprint density at radius 2 is 2.02 bits per heavy atom. The van der Waals surface area contributed by atoms with Crippen LogP contribution in [0.4, 0.5) is 0 Å². The zero-order chi connectivity index (χ0) is 31.4. The van der Waals surface area contributed by atoms with E-state index in [4.69, 9.17) is 18.9 Å². The van der Waals surface area contributed by atoms with E-state index in [1.165, 1.54) is 20.3 Å². The van der Waals surface area contributed by atoms with Crippen molar-refractivity contribution in [2.24, 2.45) is 0 Å². The van der Waals surface area contributed by atoms with Crippen LogP contribution in [0.25, 0.3) is 0 Å². The molecule has 5 rings (SSSR count). The summed E-state index contributed by atoms with van der Waals surface area (Å²) >= 11 is 0.919. The number of thioether (sulfide) groups is 1. The molecule has 1 fully saturated rings. The number of para-hydroxylation sites is 1. The van der Waals surface area contributed by atoms with Gasteiger partial charge < -0.3 is 29.4 Å². The summed E-state index contributed by atoms with van der Waals surface area (Å²) < 4.78 is 22.4. The van der Waals surface area contributed by atoms with Gasteiger partial charge in [-0.15, -0.1) is 10.2 Å². The molecule has 44 heavy (non-hydrogen) atoms. The van der Waals surface area contributed by atoms with E-state index in [1.807, 2.05) is 25.1 Å². The summed E-state index contributed by atoms with van der Waals surface area (Å²) in [6.07, 6.45) is -1.76. The molecular formula is C28H28N6O9S. The van der Waals surface area contributed by atoms with Gasteiger partial charge in [-0.05, 0) is 29.8 Å². The fourth-order valence-corrected chi connectivity index (χ4v) is 5.93. The highest BCUT2D eigenvalue weighted by molar-refractivity contribution is 8.00. The van der Waals surface area contributed by atoms with Crippen molar-refractivity contribution in [1.82, 2.24) is 30.8 Å². The number of β-lactam (4-membered cyclic amide) rings is 1. The Morgan fingerprint density at radius 1 is 1.23 bits per heavy atom. The molecule has 0 spiro atoms. The first kappa shape index (κ1) is 30.7. The number of tetrazole rings is 1. The Morgan fingerprint density at radius 3 is 2.70 bits per heavy atom. The molecule has 0 saturated carbocycles. The molecular weight excluding hydrogens is 596 g/mol. The van der Waals surface area contributed by atoms with Crippen LogP contribution in [-0.4, -0.2) is 92.4 Å². The number of carboxylic acid groups (broad SMARTS) is 1. The van der Waals surface area contributed by atoms with Gasteiger partial charge in [0.15, 0.2) is 6.23 Å². The molecule has 3 atom stereocenters. The van der Waals surface area contributed by atoms with Gasteiger partial charge in [0, 0.05) is 17.9 Å². The molecule has 0 bridgehead atoms. The van der Waals surface area contributed by atoms with Crippen LogP contribution in [0.2, 0.25) is 0 Å². The maximum atomic E-state index is 13.9. The number of benzene rings is 2. The van der Waals surface area contributed by atoms with Crippen LogP contribution in [0, 0.1) is 6.92 Å². The van der Waals surface area contributed by atoms with Crippen LogP contribution in [0.3, 0.4) is 0 Å². The number of nitrogens with zero attached hydrogens (tertiary/aromatic N) is 4. The number of ether oxygens (including phenoxy) is 4. The van der Waals surface area contributed by atoms with E-state index in [-0.39, 0.29) is 41.0 Å². The maximum Gasteiger partial charge on any atom is 0.355 e. The van der Waals surface area contributed by atoms with E-state index in [0.717, 1.165) is 22.2 Å². The smallest absolute Gasteiger partial charge is 0.355 e. The van der Waals surface area contributed by atoms with Gasteiger partial charge >= 0.3 is 11.9 Å². The Hall–Kier alpha value is -4.80. The Labute approximate surface area is 254 Å². The number of esters is 1. The van der Waals surface area contributed by atoms with Crippen molar-refractivity contribution in [2.45, 2.75) is 42.3 Å². The lowest BCUT2D eigenvalue weighted by Crippen LogP contribution is -2.82. The topological polar surface area (TPSA) is 195 Å². The molecule has 2 aliphatic rings. The third-order valence-electron chi connectivity index (χ3n) is 7.00. The predicted molar refractivity (Wildman–Crippen MR) is 151 cm³/mol. The van der Waals surface area contributed by atoms with Crippen molar-refractivity contribution >= 4 is 35.5 Å². The number of H-pyrrole nitrogens is 1. The molecule has 1 aromatic heterocycles. The van der Waals surface area contributed by atoms with E-state index in [0.29, 0.717) is 5.56 Å². The fourth-order valence-electron chi connectivity index (χ4n) is 4.95. The molecule has 1 unspecified atom stereocenters. The standard InChI is InChI=1S/C28H28N6O9S/c1-15-7-6-8-16(11-15)13-42-24(38)22-18(20(12-21(35)36)44-27-30-32-33-31-27)14-43-26-28(41-3,25(39)34(22)26)29-23(37)17-9-4-5-10-19(17)40-2/h4-11,20,26H,12-14H2,1-3H3,(H,29,37)(H,35,36)(H,30,31,32,33)/t20?,26-,28+/m1/s1. The van der Waals surface area contributed by atoms with E-state index in [1.54, 1.807) is 24.3 Å². The minimum Gasteiger partial charge on any atom is -0.496 e. The number of aryl methyl sites for hydroxylation is 1. The first-order valence-corrected chi connectivity index (χ1v) is 14.1. The van der Waals surface area contributed by atoms with Gasteiger partial charge in [0.05, 0.1) is 25.7 Å². The summed E-state index contributed by atoms with van der Waals surface area (Å²) in [5, 5.41) is 25.0. The first-order valence-electron chi connectivity index (χ1n) is 13.2. The van der Waals surface area contributed by atoms with Crippen LogP contribution in [0.5, 0.6) is 5.75 Å². The summed E-state index contributed by atoms with van der Waals surface area (Å²) in [4.78, 5) is 53.8. The average Bonchev–Trinajstić information content (AvgIpc) is 3.54. The Bertz CT molecular complexity index is 1610. The van der Waals surface area contributed by atoms with Gasteiger partial charge in [0.2, 0.25) is 5.16 Å². The molecule has 2 aliphatic heterocycles. The van der Waals surface area contributed by atoms with E-state index in [2.05, 4.69) is 25.9 Å². The van der Waals surface area contributed by atoms with Gasteiger partial charge in [-0.25, -0.2) is 4.79 Å². The third-order valence-corrected chi connectivity index (χ3v) is 8.12. The second kappa shape index (κ2) is 12.8. The van der Waals surface area contributed by atoms with Crippen molar-refractivity contribution in [2.75, 3.05) is 20.8 Å². The monoisotopic (exact) mass is 624 g/mol. The molecule has 2 aromatic carbocycles. The summed E-state index contributed by atoms with van der Waals surface area (Å²) in [6.45, 7) is 1.47. The van der Waals surface area contributed by atoms with Gasteiger partial charge in [0.1, 0.15) is 18.1 Å². The summed E-state index contributed by atoms with van der Waals surface area (Å²) in [6, 6.07) is 13.7. The zero-order valence-corrected chi connectivity index (χ0v) is 24.6. The molecule has 0 aliphatic carbocycles. The lowest BCUT2D eigenvalue weighted by Gasteiger charge is -2.56. The number of carbonyl (C=O) groups is 4. The van der Waals surface area contributed by atoms with Crippen LogP contribution in [0.15, 0.2) is 65.0 Å². The number of aliphatic carboxylic acids is 1. The van der Waals surface area contributed by atoms with Gasteiger partial charge in [-0.1, -0.05) is 53.7 Å².